The summed E-state index contributed by atoms with van der Waals surface area (Å²) in [5, 5.41) is 23.6. The molecule has 0 amide bonds. The SMILES string of the molecule is CN=C(CC(C)N)Nc1cc2cc(C(O)NC(c3ccc(Cl)c(F)c3)c3cnn(C)c3)ccc2cn1. The number of benzene rings is 2. The molecule has 0 aliphatic rings. The fourth-order valence-corrected chi connectivity index (χ4v) is 4.09. The van der Waals surface area contributed by atoms with E-state index in [9.17, 15) is 9.50 Å². The number of aliphatic imine (C=N–C) groups is 1. The molecule has 2 heterocycles. The van der Waals surface area contributed by atoms with Gasteiger partial charge < -0.3 is 16.2 Å². The van der Waals surface area contributed by atoms with Crippen LogP contribution in [0.1, 0.15) is 42.3 Å². The third kappa shape index (κ3) is 6.06. The van der Waals surface area contributed by atoms with E-state index in [0.29, 0.717) is 23.4 Å². The second-order valence-electron chi connectivity index (χ2n) is 8.78. The summed E-state index contributed by atoms with van der Waals surface area (Å²) in [6, 6.07) is 11.5. The van der Waals surface area contributed by atoms with Gasteiger partial charge in [-0.3, -0.25) is 15.0 Å². The molecule has 0 saturated heterocycles. The Hall–Kier alpha value is -3.37. The largest absolute Gasteiger partial charge is 0.374 e. The molecular formula is C26H29ClFN7O. The normalized spacial score (nSPS) is 14.6. The minimum absolute atomic E-state index is 0.0358. The van der Waals surface area contributed by atoms with Crippen molar-refractivity contribution in [2.45, 2.75) is 31.7 Å². The van der Waals surface area contributed by atoms with Gasteiger partial charge in [0.15, 0.2) is 0 Å². The van der Waals surface area contributed by atoms with Gasteiger partial charge in [0, 0.05) is 49.9 Å². The lowest BCUT2D eigenvalue weighted by Gasteiger charge is -2.23. The van der Waals surface area contributed by atoms with Gasteiger partial charge in [0.25, 0.3) is 0 Å². The van der Waals surface area contributed by atoms with E-state index in [2.05, 4.69) is 25.7 Å². The number of fused-ring (bicyclic) bond motifs is 1. The summed E-state index contributed by atoms with van der Waals surface area (Å²) < 4.78 is 15.9. The highest BCUT2D eigenvalue weighted by molar-refractivity contribution is 6.30. The molecule has 10 heteroatoms. The number of nitrogens with zero attached hydrogens (tertiary/aromatic N) is 4. The van der Waals surface area contributed by atoms with Gasteiger partial charge in [0.05, 0.1) is 17.3 Å². The molecule has 5 N–H and O–H groups in total. The molecule has 3 unspecified atom stereocenters. The fourth-order valence-electron chi connectivity index (χ4n) is 3.97. The lowest BCUT2D eigenvalue weighted by Crippen LogP contribution is -2.27. The lowest BCUT2D eigenvalue weighted by molar-refractivity contribution is 0.129. The third-order valence-electron chi connectivity index (χ3n) is 5.78. The van der Waals surface area contributed by atoms with Crippen molar-refractivity contribution in [2.75, 3.05) is 12.4 Å². The second-order valence-corrected chi connectivity index (χ2v) is 9.18. The summed E-state index contributed by atoms with van der Waals surface area (Å²) in [5.74, 6) is 0.842. The molecule has 0 bridgehead atoms. The molecule has 0 radical (unpaired) electrons. The molecule has 0 saturated carbocycles. The molecular weight excluding hydrogens is 481 g/mol. The van der Waals surface area contributed by atoms with Crippen LogP contribution < -0.4 is 16.4 Å². The summed E-state index contributed by atoms with van der Waals surface area (Å²) in [5.41, 5.74) is 7.93. The molecule has 8 nitrogen and oxygen atoms in total. The molecule has 188 valence electrons. The average molecular weight is 510 g/mol. The first kappa shape index (κ1) is 25.7. The van der Waals surface area contributed by atoms with Crippen LogP contribution in [-0.4, -0.2) is 38.8 Å². The molecule has 0 aliphatic heterocycles. The van der Waals surface area contributed by atoms with Gasteiger partial charge in [-0.15, -0.1) is 0 Å². The summed E-state index contributed by atoms with van der Waals surface area (Å²) in [6.45, 7) is 1.92. The van der Waals surface area contributed by atoms with E-state index in [1.165, 1.54) is 12.1 Å². The van der Waals surface area contributed by atoms with E-state index in [-0.39, 0.29) is 11.1 Å². The maximum absolute atomic E-state index is 14.2. The van der Waals surface area contributed by atoms with Crippen LogP contribution in [0.15, 0.2) is 66.0 Å². The van der Waals surface area contributed by atoms with Crippen LogP contribution in [0, 0.1) is 5.82 Å². The topological polar surface area (TPSA) is 113 Å². The number of pyridine rings is 1. The number of nitrogens with two attached hydrogens (primary N) is 1. The van der Waals surface area contributed by atoms with Crippen molar-refractivity contribution in [3.05, 3.63) is 88.6 Å². The average Bonchev–Trinajstić information content (AvgIpc) is 3.28. The van der Waals surface area contributed by atoms with Crippen LogP contribution in [0.25, 0.3) is 10.8 Å². The zero-order valence-electron chi connectivity index (χ0n) is 20.3. The molecule has 0 spiro atoms. The Labute approximate surface area is 214 Å². The van der Waals surface area contributed by atoms with Gasteiger partial charge in [-0.05, 0) is 47.7 Å². The Morgan fingerprint density at radius 2 is 1.92 bits per heavy atom. The van der Waals surface area contributed by atoms with Crippen molar-refractivity contribution in [3.8, 4) is 0 Å². The predicted octanol–water partition coefficient (Wildman–Crippen LogP) is 4.31. The Bertz CT molecular complexity index is 1390. The van der Waals surface area contributed by atoms with Crippen LogP contribution in [0.4, 0.5) is 10.2 Å². The third-order valence-corrected chi connectivity index (χ3v) is 6.09. The van der Waals surface area contributed by atoms with Crippen LogP contribution in [0.5, 0.6) is 0 Å². The maximum atomic E-state index is 14.2. The number of aromatic nitrogens is 3. The van der Waals surface area contributed by atoms with Crippen molar-refractivity contribution < 1.29 is 9.50 Å². The van der Waals surface area contributed by atoms with E-state index in [4.69, 9.17) is 17.3 Å². The number of aliphatic hydroxyl groups is 1. The van der Waals surface area contributed by atoms with Crippen LogP contribution in [0.2, 0.25) is 5.02 Å². The molecule has 0 aliphatic carbocycles. The minimum atomic E-state index is -1.05. The summed E-state index contributed by atoms with van der Waals surface area (Å²) in [4.78, 5) is 8.70. The van der Waals surface area contributed by atoms with Gasteiger partial charge in [-0.2, -0.15) is 5.10 Å². The summed E-state index contributed by atoms with van der Waals surface area (Å²) >= 11 is 5.89. The second kappa shape index (κ2) is 11.1. The first-order valence-electron chi connectivity index (χ1n) is 11.5. The van der Waals surface area contributed by atoms with Gasteiger partial charge >= 0.3 is 0 Å². The zero-order valence-corrected chi connectivity index (χ0v) is 21.0. The Morgan fingerprint density at radius 1 is 1.14 bits per heavy atom. The number of hydrogen-bond donors (Lipinski definition) is 4. The molecule has 3 atom stereocenters. The minimum Gasteiger partial charge on any atom is -0.374 e. The van der Waals surface area contributed by atoms with Crippen molar-refractivity contribution in [3.63, 3.8) is 0 Å². The summed E-state index contributed by atoms with van der Waals surface area (Å²) in [6.07, 6.45) is 4.80. The smallest absolute Gasteiger partial charge is 0.142 e. The molecule has 4 rings (SSSR count). The van der Waals surface area contributed by atoms with Crippen molar-refractivity contribution in [2.24, 2.45) is 17.8 Å². The number of nitrogens with one attached hydrogen (secondary N) is 2. The van der Waals surface area contributed by atoms with Crippen molar-refractivity contribution in [1.82, 2.24) is 20.1 Å². The molecule has 36 heavy (non-hydrogen) atoms. The standard InChI is InChI=1S/C26H29ClFN7O/c1-15(29)8-23(30-2)33-24-11-19-9-17(4-5-18(19)12-31-24)26(36)34-25(20-13-32-35(3)14-20)16-6-7-21(27)22(28)10-16/h4-7,9-15,25-26,34,36H,8,29H2,1-3H3,(H,30,31,33). The zero-order chi connectivity index (χ0) is 25.8. The van der Waals surface area contributed by atoms with E-state index in [1.807, 2.05) is 37.4 Å². The van der Waals surface area contributed by atoms with Crippen molar-refractivity contribution >= 4 is 34.0 Å². The Balaban J connectivity index is 1.61. The van der Waals surface area contributed by atoms with E-state index in [1.54, 1.807) is 37.2 Å². The fraction of sp³-hybridized carbons (Fsp3) is 0.269. The van der Waals surface area contributed by atoms with Crippen LogP contribution in [0.3, 0.4) is 0 Å². The van der Waals surface area contributed by atoms with Crippen LogP contribution >= 0.6 is 11.6 Å². The lowest BCUT2D eigenvalue weighted by atomic mass is 10.00. The summed E-state index contributed by atoms with van der Waals surface area (Å²) in [7, 11) is 3.50. The number of aliphatic hydroxyl groups excluding tert-OH is 1. The Morgan fingerprint density at radius 3 is 2.58 bits per heavy atom. The molecule has 2 aromatic carbocycles. The van der Waals surface area contributed by atoms with E-state index >= 15 is 0 Å². The van der Waals surface area contributed by atoms with Crippen molar-refractivity contribution in [1.29, 1.82) is 0 Å². The first-order valence-corrected chi connectivity index (χ1v) is 11.9. The molecule has 0 fully saturated rings. The maximum Gasteiger partial charge on any atom is 0.142 e. The number of anilines is 1. The number of hydrogen-bond acceptors (Lipinski definition) is 6. The molecule has 2 aromatic heterocycles. The predicted molar refractivity (Wildman–Crippen MR) is 142 cm³/mol. The van der Waals surface area contributed by atoms with Gasteiger partial charge in [0.1, 0.15) is 23.7 Å². The van der Waals surface area contributed by atoms with Gasteiger partial charge in [0.2, 0.25) is 0 Å². The van der Waals surface area contributed by atoms with E-state index in [0.717, 1.165) is 22.2 Å². The van der Waals surface area contributed by atoms with Gasteiger partial charge in [-0.25, -0.2) is 9.37 Å². The monoisotopic (exact) mass is 509 g/mol. The highest BCUT2D eigenvalue weighted by Crippen LogP contribution is 2.29. The highest BCUT2D eigenvalue weighted by atomic mass is 35.5. The van der Waals surface area contributed by atoms with E-state index < -0.39 is 18.1 Å². The van der Waals surface area contributed by atoms with Crippen LogP contribution in [-0.2, 0) is 7.05 Å². The number of aryl methyl sites for hydroxylation is 1. The quantitative estimate of drug-likeness (QED) is 0.160. The number of rotatable bonds is 8. The molecule has 4 aromatic rings. The van der Waals surface area contributed by atoms with Gasteiger partial charge in [-0.1, -0.05) is 29.8 Å². The Kier molecular flexibility index (Phi) is 7.95. The highest BCUT2D eigenvalue weighted by Gasteiger charge is 2.21. The first-order chi connectivity index (χ1) is 17.2. The number of halogens is 2. The number of amidine groups is 1.